The van der Waals surface area contributed by atoms with Gasteiger partial charge in [0.1, 0.15) is 24.9 Å². The molecular weight excluding hydrogens is 376 g/mol. The summed E-state index contributed by atoms with van der Waals surface area (Å²) >= 11 is 0. The van der Waals surface area contributed by atoms with E-state index in [0.29, 0.717) is 0 Å². The monoisotopic (exact) mass is 404 g/mol. The summed E-state index contributed by atoms with van der Waals surface area (Å²) in [4.78, 5) is 0. The van der Waals surface area contributed by atoms with Gasteiger partial charge in [-0.2, -0.15) is 0 Å². The molecule has 1 aliphatic rings. The largest absolute Gasteiger partial charge is 0.337 e. The van der Waals surface area contributed by atoms with Gasteiger partial charge in [0.25, 0.3) is 0 Å². The number of hydrazine groups is 1. The first-order valence-electron chi connectivity index (χ1n) is 10.1. The van der Waals surface area contributed by atoms with E-state index in [1.807, 2.05) is 55.5 Å². The van der Waals surface area contributed by atoms with Gasteiger partial charge in [0.2, 0.25) is 0 Å². The highest BCUT2D eigenvalue weighted by Crippen LogP contribution is 2.29. The first-order valence-corrected chi connectivity index (χ1v) is 10.1. The van der Waals surface area contributed by atoms with E-state index in [9.17, 15) is 0 Å². The number of rotatable bonds is 6. The average molecular weight is 405 g/mol. The smallest absolute Gasteiger partial charge is 0.149 e. The highest BCUT2D eigenvalue weighted by molar-refractivity contribution is 5.28. The van der Waals surface area contributed by atoms with Gasteiger partial charge >= 0.3 is 0 Å². The normalized spacial score (nSPS) is 20.8. The van der Waals surface area contributed by atoms with Gasteiger partial charge in [0, 0.05) is 0 Å². The molecule has 3 aromatic carbocycles. The van der Waals surface area contributed by atoms with E-state index < -0.39 is 12.5 Å². The van der Waals surface area contributed by atoms with Gasteiger partial charge in [-0.1, -0.05) is 77.9 Å². The Morgan fingerprint density at radius 2 is 1.30 bits per heavy atom. The molecule has 0 aromatic heterocycles. The molecule has 1 fully saturated rings. The van der Waals surface area contributed by atoms with Crippen LogP contribution in [0.5, 0.6) is 0 Å². The number of nitrogens with two attached hydrogens (primary N) is 2. The van der Waals surface area contributed by atoms with Crippen LogP contribution in [0.25, 0.3) is 0 Å². The Kier molecular flexibility index (Phi) is 6.24. The number of hydrogen-bond acceptors (Lipinski definition) is 6. The third kappa shape index (κ3) is 4.76. The van der Waals surface area contributed by atoms with Crippen molar-refractivity contribution in [2.75, 3.05) is 0 Å². The third-order valence-electron chi connectivity index (χ3n) is 5.24. The summed E-state index contributed by atoms with van der Waals surface area (Å²) in [5, 5.41) is 0. The maximum atomic E-state index is 6.28. The Labute approximate surface area is 177 Å². The minimum absolute atomic E-state index is 0.223. The molecule has 1 heterocycles. The average Bonchev–Trinajstić information content (AvgIpc) is 3.25. The standard InChI is InChI=1S/C24H28N4O2/c1-15-6-10-17(11-7-15)21(25)29-22(26)19-4-3-5-20(14-19)24-28-27-23(30-24)18-12-8-16(2)9-13-18/h3-14,21-24,27-28H,25-26H2,1-2H3. The number of hydrogen-bond donors (Lipinski definition) is 4. The lowest BCUT2D eigenvalue weighted by Gasteiger charge is -2.21. The molecule has 3 aromatic rings. The Hall–Kier alpha value is -2.58. The molecule has 0 spiro atoms. The predicted molar refractivity (Wildman–Crippen MR) is 117 cm³/mol. The fourth-order valence-electron chi connectivity index (χ4n) is 3.39. The van der Waals surface area contributed by atoms with Gasteiger partial charge < -0.3 is 20.9 Å². The van der Waals surface area contributed by atoms with Crippen LogP contribution in [-0.4, -0.2) is 0 Å². The van der Waals surface area contributed by atoms with Crippen LogP contribution in [0.2, 0.25) is 0 Å². The first-order chi connectivity index (χ1) is 14.5. The van der Waals surface area contributed by atoms with Crippen molar-refractivity contribution < 1.29 is 9.47 Å². The van der Waals surface area contributed by atoms with Crippen molar-refractivity contribution in [3.8, 4) is 0 Å². The Bertz CT molecular complexity index is 975. The molecule has 1 saturated heterocycles. The highest BCUT2D eigenvalue weighted by Gasteiger charge is 2.27. The zero-order valence-corrected chi connectivity index (χ0v) is 17.2. The molecule has 1 aliphatic heterocycles. The Balaban J connectivity index is 1.42. The Morgan fingerprint density at radius 1 is 0.733 bits per heavy atom. The van der Waals surface area contributed by atoms with Crippen molar-refractivity contribution in [2.24, 2.45) is 11.5 Å². The van der Waals surface area contributed by atoms with Gasteiger partial charge in [0.15, 0.2) is 0 Å². The highest BCUT2D eigenvalue weighted by atomic mass is 16.5. The van der Waals surface area contributed by atoms with Gasteiger partial charge in [-0.05, 0) is 42.2 Å². The van der Waals surface area contributed by atoms with Crippen LogP contribution >= 0.6 is 0 Å². The van der Waals surface area contributed by atoms with Crippen LogP contribution in [0.3, 0.4) is 0 Å². The molecule has 156 valence electrons. The summed E-state index contributed by atoms with van der Waals surface area (Å²) in [6.45, 7) is 4.10. The van der Waals surface area contributed by atoms with E-state index in [4.69, 9.17) is 20.9 Å². The van der Waals surface area contributed by atoms with Crippen molar-refractivity contribution in [1.29, 1.82) is 0 Å². The lowest BCUT2D eigenvalue weighted by molar-refractivity contribution is -0.00862. The second-order valence-electron chi connectivity index (χ2n) is 7.65. The van der Waals surface area contributed by atoms with Crippen LogP contribution in [-0.2, 0) is 9.47 Å². The van der Waals surface area contributed by atoms with Crippen molar-refractivity contribution in [1.82, 2.24) is 10.9 Å². The Morgan fingerprint density at radius 3 is 1.97 bits per heavy atom. The molecule has 6 heteroatoms. The minimum Gasteiger partial charge on any atom is -0.337 e. The summed E-state index contributed by atoms with van der Waals surface area (Å²) in [7, 11) is 0. The minimum atomic E-state index is -0.650. The van der Waals surface area contributed by atoms with E-state index in [-0.39, 0.29) is 12.5 Å². The lowest BCUT2D eigenvalue weighted by atomic mass is 10.1. The van der Waals surface area contributed by atoms with E-state index >= 15 is 0 Å². The fourth-order valence-corrected chi connectivity index (χ4v) is 3.39. The summed E-state index contributed by atoms with van der Waals surface area (Å²) < 4.78 is 12.0. The summed E-state index contributed by atoms with van der Waals surface area (Å²) in [5.74, 6) is 0. The zero-order valence-electron chi connectivity index (χ0n) is 17.2. The fraction of sp³-hybridized carbons (Fsp3) is 0.250. The number of ether oxygens (including phenoxy) is 2. The second-order valence-corrected chi connectivity index (χ2v) is 7.65. The van der Waals surface area contributed by atoms with E-state index in [0.717, 1.165) is 22.3 Å². The van der Waals surface area contributed by atoms with Crippen LogP contribution < -0.4 is 22.3 Å². The number of aryl methyl sites for hydroxylation is 2. The van der Waals surface area contributed by atoms with Crippen molar-refractivity contribution in [3.63, 3.8) is 0 Å². The maximum Gasteiger partial charge on any atom is 0.149 e. The summed E-state index contributed by atoms with van der Waals surface area (Å²) in [6.07, 6.45) is -1.77. The quantitative estimate of drug-likeness (QED) is 0.468. The molecule has 6 N–H and O–H groups in total. The molecule has 0 aliphatic carbocycles. The predicted octanol–water partition coefficient (Wildman–Crippen LogP) is 3.76. The molecule has 0 saturated carbocycles. The number of benzene rings is 3. The molecule has 6 nitrogen and oxygen atoms in total. The topological polar surface area (TPSA) is 94.6 Å². The van der Waals surface area contributed by atoms with Crippen LogP contribution in [0, 0.1) is 13.8 Å². The molecule has 4 atom stereocenters. The molecule has 4 rings (SSSR count). The van der Waals surface area contributed by atoms with E-state index in [1.54, 1.807) is 0 Å². The van der Waals surface area contributed by atoms with Crippen LogP contribution in [0.15, 0.2) is 72.8 Å². The SMILES string of the molecule is Cc1ccc(C(N)OC(N)c2cccc(C3NNC(c4ccc(C)cc4)O3)c2)cc1. The van der Waals surface area contributed by atoms with E-state index in [2.05, 4.69) is 42.0 Å². The van der Waals surface area contributed by atoms with Crippen LogP contribution in [0.1, 0.15) is 58.3 Å². The molecule has 0 bridgehead atoms. The number of nitrogens with one attached hydrogen (secondary N) is 2. The van der Waals surface area contributed by atoms with Gasteiger partial charge in [-0.15, -0.1) is 0 Å². The third-order valence-corrected chi connectivity index (χ3v) is 5.24. The van der Waals surface area contributed by atoms with E-state index in [1.165, 1.54) is 11.1 Å². The van der Waals surface area contributed by atoms with Crippen molar-refractivity contribution in [3.05, 3.63) is 106 Å². The summed E-state index contributed by atoms with van der Waals surface area (Å²) in [6, 6.07) is 24.0. The van der Waals surface area contributed by atoms with Gasteiger partial charge in [0.05, 0.1) is 0 Å². The van der Waals surface area contributed by atoms with Gasteiger partial charge in [-0.3, -0.25) is 0 Å². The second kappa shape index (κ2) is 9.06. The molecule has 4 unspecified atom stereocenters. The lowest BCUT2D eigenvalue weighted by Crippen LogP contribution is -2.27. The molecular formula is C24H28N4O2. The van der Waals surface area contributed by atoms with Crippen molar-refractivity contribution >= 4 is 0 Å². The maximum absolute atomic E-state index is 6.28. The molecule has 0 amide bonds. The van der Waals surface area contributed by atoms with Crippen LogP contribution in [0.4, 0.5) is 0 Å². The van der Waals surface area contributed by atoms with Crippen molar-refractivity contribution in [2.45, 2.75) is 38.8 Å². The molecule has 0 radical (unpaired) electrons. The van der Waals surface area contributed by atoms with Gasteiger partial charge in [-0.25, -0.2) is 10.9 Å². The first kappa shape index (κ1) is 20.7. The zero-order chi connectivity index (χ0) is 21.1. The summed E-state index contributed by atoms with van der Waals surface area (Å²) in [5.41, 5.74) is 25.0. The molecule has 30 heavy (non-hydrogen) atoms.